The molecule has 28 heavy (non-hydrogen) atoms. The Bertz CT molecular complexity index is 688. The molecule has 0 aromatic carbocycles. The highest BCUT2D eigenvalue weighted by molar-refractivity contribution is 5.92. The third kappa shape index (κ3) is 5.56. The molecule has 154 valence electrons. The summed E-state index contributed by atoms with van der Waals surface area (Å²) < 4.78 is 1.55. The predicted octanol–water partition coefficient (Wildman–Crippen LogP) is 1.92. The molecule has 3 rings (SSSR count). The normalized spacial score (nSPS) is 18.2. The number of likely N-dealkylation sites (tertiary alicyclic amines) is 1. The fraction of sp³-hybridized carbons (Fsp3) is 0.700. The van der Waals surface area contributed by atoms with Gasteiger partial charge in [-0.2, -0.15) is 5.10 Å². The van der Waals surface area contributed by atoms with Crippen LogP contribution in [0.5, 0.6) is 0 Å². The van der Waals surface area contributed by atoms with Gasteiger partial charge in [0.05, 0.1) is 11.9 Å². The number of rotatable bonds is 7. The minimum absolute atomic E-state index is 0.0439. The smallest absolute Gasteiger partial charge is 0.241 e. The number of nitrogens with zero attached hydrogens (tertiary/aromatic N) is 3. The first-order chi connectivity index (χ1) is 13.5. The Balaban J connectivity index is 1.42. The molecule has 1 saturated heterocycles. The van der Waals surface area contributed by atoms with Crippen LogP contribution in [0.25, 0.3) is 0 Å². The van der Waals surface area contributed by atoms with Crippen molar-refractivity contribution in [3.8, 4) is 0 Å². The van der Waals surface area contributed by atoms with Crippen LogP contribution < -0.4 is 10.6 Å². The van der Waals surface area contributed by atoms with Gasteiger partial charge >= 0.3 is 0 Å². The van der Waals surface area contributed by atoms with Gasteiger partial charge in [0.25, 0.3) is 0 Å². The lowest BCUT2D eigenvalue weighted by atomic mass is 9.95. The van der Waals surface area contributed by atoms with Crippen LogP contribution in [0.4, 0.5) is 5.69 Å². The van der Waals surface area contributed by atoms with Crippen LogP contribution in [-0.2, 0) is 20.9 Å². The lowest BCUT2D eigenvalue weighted by Gasteiger charge is -2.31. The van der Waals surface area contributed by atoms with Gasteiger partial charge in [-0.05, 0) is 32.1 Å². The van der Waals surface area contributed by atoms with Crippen molar-refractivity contribution >= 4 is 23.4 Å². The van der Waals surface area contributed by atoms with Crippen LogP contribution in [0.3, 0.4) is 0 Å². The van der Waals surface area contributed by atoms with Crippen LogP contribution >= 0.6 is 0 Å². The highest BCUT2D eigenvalue weighted by atomic mass is 16.2. The van der Waals surface area contributed by atoms with E-state index in [4.69, 9.17) is 0 Å². The molecule has 2 heterocycles. The Morgan fingerprint density at radius 2 is 1.86 bits per heavy atom. The van der Waals surface area contributed by atoms with Crippen molar-refractivity contribution in [2.45, 2.75) is 70.9 Å². The van der Waals surface area contributed by atoms with Crippen LogP contribution in [0.15, 0.2) is 12.4 Å². The molecular formula is C20H31N5O3. The first kappa shape index (κ1) is 20.4. The molecule has 0 atom stereocenters. The molecule has 2 aliphatic rings. The van der Waals surface area contributed by atoms with Crippen molar-refractivity contribution in [2.75, 3.05) is 18.4 Å². The zero-order valence-electron chi connectivity index (χ0n) is 16.7. The minimum Gasteiger partial charge on any atom is -0.352 e. The predicted molar refractivity (Wildman–Crippen MR) is 105 cm³/mol. The van der Waals surface area contributed by atoms with Crippen molar-refractivity contribution in [3.63, 3.8) is 0 Å². The Morgan fingerprint density at radius 3 is 2.54 bits per heavy atom. The Kier molecular flexibility index (Phi) is 7.06. The Hall–Kier alpha value is -2.38. The highest BCUT2D eigenvalue weighted by Gasteiger charge is 2.27. The molecule has 8 nitrogen and oxygen atoms in total. The maximum Gasteiger partial charge on any atom is 0.241 e. The summed E-state index contributed by atoms with van der Waals surface area (Å²) in [6, 6.07) is 0.289. The van der Waals surface area contributed by atoms with E-state index in [9.17, 15) is 14.4 Å². The molecule has 0 spiro atoms. The van der Waals surface area contributed by atoms with E-state index in [1.54, 1.807) is 17.1 Å². The summed E-state index contributed by atoms with van der Waals surface area (Å²) in [6.07, 6.45) is 10.5. The zero-order chi connectivity index (χ0) is 19.9. The molecule has 2 fully saturated rings. The average Bonchev–Trinajstić information content (AvgIpc) is 3.34. The molecule has 8 heteroatoms. The number of hydrogen-bond donors (Lipinski definition) is 2. The number of aromatic nitrogens is 2. The molecule has 1 aliphatic heterocycles. The summed E-state index contributed by atoms with van der Waals surface area (Å²) in [4.78, 5) is 38.4. The highest BCUT2D eigenvalue weighted by Crippen LogP contribution is 2.20. The van der Waals surface area contributed by atoms with Gasteiger partial charge in [-0.15, -0.1) is 0 Å². The van der Waals surface area contributed by atoms with Gasteiger partial charge < -0.3 is 15.5 Å². The summed E-state index contributed by atoms with van der Waals surface area (Å²) >= 11 is 0. The summed E-state index contributed by atoms with van der Waals surface area (Å²) in [5.74, 6) is -0.00671. The van der Waals surface area contributed by atoms with E-state index in [-0.39, 0.29) is 36.2 Å². The lowest BCUT2D eigenvalue weighted by molar-refractivity contribution is -0.134. The molecule has 0 bridgehead atoms. The maximum atomic E-state index is 12.5. The average molecular weight is 390 g/mol. The fourth-order valence-corrected chi connectivity index (χ4v) is 4.01. The molecule has 2 N–H and O–H groups in total. The number of carbonyl (C=O) groups is 3. The molecule has 1 aromatic rings. The number of piperidine rings is 1. The summed E-state index contributed by atoms with van der Waals surface area (Å²) in [7, 11) is 0. The van der Waals surface area contributed by atoms with Crippen molar-refractivity contribution in [2.24, 2.45) is 5.92 Å². The standard InChI is InChI=1S/C20H31N5O3/c1-2-5-19(27)24-10-8-15(9-11-24)20(28)23-17-12-21-25(13-17)14-18(26)22-16-6-3-4-7-16/h12-13,15-16H,2-11,14H2,1H3,(H,22,26)(H,23,28). The van der Waals surface area contributed by atoms with Crippen LogP contribution in [-0.4, -0.2) is 51.5 Å². The van der Waals surface area contributed by atoms with Crippen LogP contribution in [0.2, 0.25) is 0 Å². The van der Waals surface area contributed by atoms with Gasteiger partial charge in [0, 0.05) is 37.7 Å². The Labute approximate surface area is 166 Å². The first-order valence-corrected chi connectivity index (χ1v) is 10.5. The summed E-state index contributed by atoms with van der Waals surface area (Å²) in [5, 5.41) is 10.1. The largest absolute Gasteiger partial charge is 0.352 e. The van der Waals surface area contributed by atoms with Gasteiger partial charge in [0.2, 0.25) is 17.7 Å². The van der Waals surface area contributed by atoms with E-state index in [2.05, 4.69) is 15.7 Å². The van der Waals surface area contributed by atoms with Crippen molar-refractivity contribution in [3.05, 3.63) is 12.4 Å². The van der Waals surface area contributed by atoms with E-state index in [1.807, 2.05) is 11.8 Å². The lowest BCUT2D eigenvalue weighted by Crippen LogP contribution is -2.41. The third-order valence-electron chi connectivity index (χ3n) is 5.61. The van der Waals surface area contributed by atoms with E-state index in [1.165, 1.54) is 12.8 Å². The second kappa shape index (κ2) is 9.71. The monoisotopic (exact) mass is 389 g/mol. The quantitative estimate of drug-likeness (QED) is 0.745. The summed E-state index contributed by atoms with van der Waals surface area (Å²) in [5.41, 5.74) is 0.600. The van der Waals surface area contributed by atoms with Crippen molar-refractivity contribution < 1.29 is 14.4 Å². The number of hydrogen-bond acceptors (Lipinski definition) is 4. The zero-order valence-corrected chi connectivity index (χ0v) is 16.7. The molecule has 0 unspecified atom stereocenters. The van der Waals surface area contributed by atoms with Crippen molar-refractivity contribution in [1.29, 1.82) is 0 Å². The van der Waals surface area contributed by atoms with Crippen LogP contribution in [0, 0.1) is 5.92 Å². The third-order valence-corrected chi connectivity index (χ3v) is 5.61. The molecule has 1 saturated carbocycles. The topological polar surface area (TPSA) is 96.3 Å². The first-order valence-electron chi connectivity index (χ1n) is 10.5. The maximum absolute atomic E-state index is 12.5. The van der Waals surface area contributed by atoms with Gasteiger partial charge in [-0.25, -0.2) is 0 Å². The number of nitrogens with one attached hydrogen (secondary N) is 2. The Morgan fingerprint density at radius 1 is 1.14 bits per heavy atom. The molecule has 3 amide bonds. The fourth-order valence-electron chi connectivity index (χ4n) is 4.01. The van der Waals surface area contributed by atoms with E-state index >= 15 is 0 Å². The van der Waals surface area contributed by atoms with E-state index < -0.39 is 0 Å². The van der Waals surface area contributed by atoms with E-state index in [0.29, 0.717) is 38.0 Å². The van der Waals surface area contributed by atoms with Gasteiger partial charge in [-0.1, -0.05) is 19.8 Å². The number of carbonyl (C=O) groups excluding carboxylic acids is 3. The second-order valence-electron chi connectivity index (χ2n) is 7.87. The van der Waals surface area contributed by atoms with Gasteiger partial charge in [0.1, 0.15) is 6.54 Å². The molecule has 1 aliphatic carbocycles. The van der Waals surface area contributed by atoms with Crippen molar-refractivity contribution in [1.82, 2.24) is 20.0 Å². The van der Waals surface area contributed by atoms with Crippen LogP contribution in [0.1, 0.15) is 58.3 Å². The summed E-state index contributed by atoms with van der Waals surface area (Å²) in [6.45, 7) is 3.43. The molecule has 1 aromatic heterocycles. The SMILES string of the molecule is CCCC(=O)N1CCC(C(=O)Nc2cnn(CC(=O)NC3CCCC3)c2)CC1. The number of amides is 3. The van der Waals surface area contributed by atoms with Gasteiger partial charge in [-0.3, -0.25) is 19.1 Å². The molecule has 0 radical (unpaired) electrons. The van der Waals surface area contributed by atoms with E-state index in [0.717, 1.165) is 19.3 Å². The minimum atomic E-state index is -0.0975. The number of anilines is 1. The second-order valence-corrected chi connectivity index (χ2v) is 7.87. The molecular weight excluding hydrogens is 358 g/mol. The van der Waals surface area contributed by atoms with Gasteiger partial charge in [0.15, 0.2) is 0 Å².